The van der Waals surface area contributed by atoms with E-state index in [1.807, 2.05) is 42.7 Å². The Bertz CT molecular complexity index is 914. The molecule has 2 aromatic rings. The van der Waals surface area contributed by atoms with Crippen molar-refractivity contribution in [3.8, 4) is 5.75 Å². The van der Waals surface area contributed by atoms with Crippen LogP contribution in [0.1, 0.15) is 10.8 Å². The molecule has 1 N–H and O–H groups in total. The molecule has 0 aromatic heterocycles. The normalized spacial score (nSPS) is 15.2. The molecular weight excluding hydrogens is 424 g/mol. The van der Waals surface area contributed by atoms with E-state index >= 15 is 0 Å². The third-order valence-corrected chi connectivity index (χ3v) is 6.78. The average Bonchev–Trinajstić information content (AvgIpc) is 2.84. The lowest BCUT2D eigenvalue weighted by atomic mass is 10.1. The Morgan fingerprint density at radius 1 is 1.12 bits per heavy atom. The molecule has 1 atom stereocenters. The third-order valence-electron chi connectivity index (χ3n) is 5.82. The zero-order valence-electron chi connectivity index (χ0n) is 19.2. The first-order valence-electron chi connectivity index (χ1n) is 10.7. The molecule has 172 valence electrons. The monoisotopic (exact) mass is 456 g/mol. The molecule has 8 heteroatoms. The quantitative estimate of drug-likeness (QED) is 0.659. The van der Waals surface area contributed by atoms with Gasteiger partial charge in [0.2, 0.25) is 11.8 Å². The van der Waals surface area contributed by atoms with E-state index in [0.717, 1.165) is 43.2 Å². The molecule has 1 heterocycles. The first-order valence-corrected chi connectivity index (χ1v) is 12.0. The minimum absolute atomic E-state index is 0.0423. The number of amides is 2. The summed E-state index contributed by atoms with van der Waals surface area (Å²) in [5.74, 6) is 0.850. The Kier molecular flexibility index (Phi) is 8.41. The summed E-state index contributed by atoms with van der Waals surface area (Å²) in [5, 5.41) is 2.41. The molecular formula is C24H32N4O3S. The molecule has 1 aliphatic heterocycles. The predicted octanol–water partition coefficient (Wildman–Crippen LogP) is 2.63. The highest BCUT2D eigenvalue weighted by atomic mass is 32.2. The van der Waals surface area contributed by atoms with E-state index in [1.165, 1.54) is 17.4 Å². The molecule has 0 radical (unpaired) electrons. The summed E-state index contributed by atoms with van der Waals surface area (Å²) in [4.78, 5) is 31.3. The van der Waals surface area contributed by atoms with Crippen LogP contribution in [0.5, 0.6) is 5.75 Å². The number of thioether (sulfide) groups is 1. The zero-order chi connectivity index (χ0) is 23.1. The maximum Gasteiger partial charge on any atom is 0.240 e. The molecule has 3 rings (SSSR count). The number of methoxy groups -OCH3 is 1. The Labute approximate surface area is 194 Å². The number of benzene rings is 2. The molecule has 0 spiro atoms. The molecule has 1 fully saturated rings. The second-order valence-corrected chi connectivity index (χ2v) is 8.68. The first kappa shape index (κ1) is 23.9. The standard InChI is InChI=1S/C24H32N4O3S/c1-25-24(30)23(32-4)18-6-5-7-20(16-18)26(2)22(29)17-27-12-14-28(15-13-27)19-8-10-21(31-3)11-9-19/h5-11,16,23H,12-15,17H2,1-4H3,(H,25,30). The number of carbonyl (C=O) groups excluding carboxylic acids is 2. The van der Waals surface area contributed by atoms with Crippen LogP contribution in [0.4, 0.5) is 11.4 Å². The number of carbonyl (C=O) groups is 2. The van der Waals surface area contributed by atoms with Crippen molar-refractivity contribution in [3.05, 3.63) is 54.1 Å². The highest BCUT2D eigenvalue weighted by Crippen LogP contribution is 2.29. The molecule has 0 aliphatic carbocycles. The van der Waals surface area contributed by atoms with E-state index in [1.54, 1.807) is 26.1 Å². The van der Waals surface area contributed by atoms with Crippen molar-refractivity contribution in [1.82, 2.24) is 10.2 Å². The summed E-state index contributed by atoms with van der Waals surface area (Å²) in [7, 11) is 5.10. The topological polar surface area (TPSA) is 65.1 Å². The van der Waals surface area contributed by atoms with Gasteiger partial charge in [0.15, 0.2) is 0 Å². The fraction of sp³-hybridized carbons (Fsp3) is 0.417. The van der Waals surface area contributed by atoms with Gasteiger partial charge in [0.05, 0.1) is 13.7 Å². The lowest BCUT2D eigenvalue weighted by Gasteiger charge is -2.36. The van der Waals surface area contributed by atoms with Gasteiger partial charge in [0.1, 0.15) is 11.0 Å². The lowest BCUT2D eigenvalue weighted by Crippen LogP contribution is -2.49. The van der Waals surface area contributed by atoms with E-state index in [-0.39, 0.29) is 17.1 Å². The summed E-state index contributed by atoms with van der Waals surface area (Å²) in [6.45, 7) is 3.78. The molecule has 2 amide bonds. The van der Waals surface area contributed by atoms with Gasteiger partial charge in [-0.1, -0.05) is 12.1 Å². The van der Waals surface area contributed by atoms with Crippen molar-refractivity contribution in [2.45, 2.75) is 5.25 Å². The third kappa shape index (κ3) is 5.75. The number of rotatable bonds is 8. The van der Waals surface area contributed by atoms with Crippen LogP contribution in [0.3, 0.4) is 0 Å². The summed E-state index contributed by atoms with van der Waals surface area (Å²) >= 11 is 1.48. The van der Waals surface area contributed by atoms with Crippen molar-refractivity contribution in [3.63, 3.8) is 0 Å². The number of hydrogen-bond donors (Lipinski definition) is 1. The number of piperazine rings is 1. The van der Waals surface area contributed by atoms with Gasteiger partial charge in [0.25, 0.3) is 0 Å². The first-order chi connectivity index (χ1) is 15.5. The van der Waals surface area contributed by atoms with E-state index in [9.17, 15) is 9.59 Å². The van der Waals surface area contributed by atoms with Crippen LogP contribution in [0, 0.1) is 0 Å². The maximum absolute atomic E-state index is 12.9. The van der Waals surface area contributed by atoms with Gasteiger partial charge in [-0.2, -0.15) is 0 Å². The largest absolute Gasteiger partial charge is 0.497 e. The molecule has 7 nitrogen and oxygen atoms in total. The minimum Gasteiger partial charge on any atom is -0.497 e. The fourth-order valence-electron chi connectivity index (χ4n) is 3.82. The van der Waals surface area contributed by atoms with Crippen molar-refractivity contribution < 1.29 is 14.3 Å². The van der Waals surface area contributed by atoms with E-state index < -0.39 is 0 Å². The molecule has 1 aliphatic rings. The molecule has 1 saturated heterocycles. The minimum atomic E-state index is -0.297. The lowest BCUT2D eigenvalue weighted by molar-refractivity contribution is -0.120. The molecule has 2 aromatic carbocycles. The summed E-state index contributed by atoms with van der Waals surface area (Å²) in [6.07, 6.45) is 1.91. The number of anilines is 2. The van der Waals surface area contributed by atoms with Crippen LogP contribution in [0.25, 0.3) is 0 Å². The van der Waals surface area contributed by atoms with Crippen LogP contribution in [-0.2, 0) is 9.59 Å². The van der Waals surface area contributed by atoms with Crippen LogP contribution < -0.4 is 19.9 Å². The number of hydrogen-bond acceptors (Lipinski definition) is 6. The average molecular weight is 457 g/mol. The predicted molar refractivity (Wildman–Crippen MR) is 132 cm³/mol. The van der Waals surface area contributed by atoms with E-state index in [2.05, 4.69) is 27.2 Å². The van der Waals surface area contributed by atoms with Crippen molar-refractivity contribution in [2.75, 3.05) is 70.0 Å². The Morgan fingerprint density at radius 3 is 2.41 bits per heavy atom. The van der Waals surface area contributed by atoms with Crippen molar-refractivity contribution >= 4 is 35.0 Å². The molecule has 1 unspecified atom stereocenters. The Morgan fingerprint density at radius 2 is 1.81 bits per heavy atom. The number of nitrogens with zero attached hydrogens (tertiary/aromatic N) is 3. The fourth-order valence-corrected chi connectivity index (χ4v) is 4.57. The number of nitrogens with one attached hydrogen (secondary N) is 1. The second-order valence-electron chi connectivity index (χ2n) is 7.74. The van der Waals surface area contributed by atoms with E-state index in [0.29, 0.717) is 6.54 Å². The number of likely N-dealkylation sites (N-methyl/N-ethyl adjacent to an activating group) is 2. The van der Waals surface area contributed by atoms with Crippen molar-refractivity contribution in [2.24, 2.45) is 0 Å². The smallest absolute Gasteiger partial charge is 0.240 e. The van der Waals surface area contributed by atoms with Gasteiger partial charge in [0, 0.05) is 51.6 Å². The Balaban J connectivity index is 1.57. The van der Waals surface area contributed by atoms with Crippen LogP contribution in [0.15, 0.2) is 48.5 Å². The highest BCUT2D eigenvalue weighted by molar-refractivity contribution is 7.99. The number of ether oxygens (including phenoxy) is 1. The van der Waals surface area contributed by atoms with Crippen LogP contribution in [0.2, 0.25) is 0 Å². The summed E-state index contributed by atoms with van der Waals surface area (Å²) in [6, 6.07) is 15.7. The van der Waals surface area contributed by atoms with Gasteiger partial charge in [-0.05, 0) is 48.2 Å². The van der Waals surface area contributed by atoms with Crippen molar-refractivity contribution in [1.29, 1.82) is 0 Å². The Hall–Kier alpha value is -2.71. The van der Waals surface area contributed by atoms with Crippen LogP contribution >= 0.6 is 11.8 Å². The highest BCUT2D eigenvalue weighted by Gasteiger charge is 2.23. The summed E-state index contributed by atoms with van der Waals surface area (Å²) in [5.41, 5.74) is 2.86. The maximum atomic E-state index is 12.9. The van der Waals surface area contributed by atoms with Crippen LogP contribution in [-0.4, -0.2) is 76.9 Å². The van der Waals surface area contributed by atoms with Gasteiger partial charge in [-0.25, -0.2) is 0 Å². The molecule has 0 saturated carbocycles. The van der Waals surface area contributed by atoms with Gasteiger partial charge in [-0.15, -0.1) is 11.8 Å². The van der Waals surface area contributed by atoms with E-state index in [4.69, 9.17) is 4.74 Å². The van der Waals surface area contributed by atoms with Gasteiger partial charge >= 0.3 is 0 Å². The van der Waals surface area contributed by atoms with Gasteiger partial charge < -0.3 is 19.9 Å². The summed E-state index contributed by atoms with van der Waals surface area (Å²) < 4.78 is 5.23. The second kappa shape index (κ2) is 11.2. The zero-order valence-corrected chi connectivity index (χ0v) is 20.0. The molecule has 32 heavy (non-hydrogen) atoms. The van der Waals surface area contributed by atoms with Gasteiger partial charge in [-0.3, -0.25) is 14.5 Å². The SMILES string of the molecule is CNC(=O)C(SC)c1cccc(N(C)C(=O)CN2CCN(c3ccc(OC)cc3)CC2)c1. The molecule has 0 bridgehead atoms.